The van der Waals surface area contributed by atoms with Gasteiger partial charge in [0.15, 0.2) is 0 Å². The molecule has 1 aromatic rings. The lowest BCUT2D eigenvalue weighted by Gasteiger charge is -2.07. The summed E-state index contributed by atoms with van der Waals surface area (Å²) in [6.07, 6.45) is 3.84. The minimum Gasteiger partial charge on any atom is -0.494 e. The highest BCUT2D eigenvalue weighted by atomic mass is 31.1. The summed E-state index contributed by atoms with van der Waals surface area (Å²) in [5.41, 5.74) is 0. The Morgan fingerprint density at radius 2 is 1.79 bits per heavy atom. The molecule has 0 saturated heterocycles. The number of benzene rings is 1. The standard InChI is InChI=1S/C12H19OP/c1-14(2)11-7-6-10-13-12-8-4-3-5-9-12/h3-5,8-9H,6-7,10-11H2,1-2H3. The molecule has 1 rings (SSSR count). The third kappa shape index (κ3) is 5.24. The molecule has 0 aliphatic heterocycles. The Labute approximate surface area is 88.2 Å². The molecule has 78 valence electrons. The highest BCUT2D eigenvalue weighted by Crippen LogP contribution is 2.25. The fourth-order valence-corrected chi connectivity index (χ4v) is 2.09. The fraction of sp³-hybridized carbons (Fsp3) is 0.500. The van der Waals surface area contributed by atoms with Crippen molar-refractivity contribution in [1.82, 2.24) is 0 Å². The zero-order valence-electron chi connectivity index (χ0n) is 9.07. The van der Waals surface area contributed by atoms with Crippen LogP contribution in [0.25, 0.3) is 0 Å². The topological polar surface area (TPSA) is 9.23 Å². The van der Waals surface area contributed by atoms with E-state index in [0.717, 1.165) is 12.4 Å². The van der Waals surface area contributed by atoms with Gasteiger partial charge in [-0.1, -0.05) is 18.2 Å². The third-order valence-electron chi connectivity index (χ3n) is 2.01. The van der Waals surface area contributed by atoms with E-state index in [0.29, 0.717) is 0 Å². The summed E-state index contributed by atoms with van der Waals surface area (Å²) in [5, 5.41) is 0. The van der Waals surface area contributed by atoms with Crippen LogP contribution in [0.3, 0.4) is 0 Å². The Balaban J connectivity index is 2.05. The van der Waals surface area contributed by atoms with Gasteiger partial charge >= 0.3 is 0 Å². The van der Waals surface area contributed by atoms with Crippen LogP contribution in [0.15, 0.2) is 30.3 Å². The molecule has 0 N–H and O–H groups in total. The van der Waals surface area contributed by atoms with Crippen molar-refractivity contribution in [3.05, 3.63) is 30.3 Å². The molecule has 0 spiro atoms. The molecule has 0 unspecified atom stereocenters. The lowest BCUT2D eigenvalue weighted by molar-refractivity contribution is 0.310. The van der Waals surface area contributed by atoms with Crippen LogP contribution in [0.1, 0.15) is 12.8 Å². The van der Waals surface area contributed by atoms with Gasteiger partial charge in [0.25, 0.3) is 0 Å². The Morgan fingerprint density at radius 3 is 2.43 bits per heavy atom. The van der Waals surface area contributed by atoms with Crippen molar-refractivity contribution in [2.75, 3.05) is 26.1 Å². The Hall–Kier alpha value is -0.550. The number of para-hydroxylation sites is 1. The Bertz CT molecular complexity index is 233. The van der Waals surface area contributed by atoms with Gasteiger partial charge in [0.05, 0.1) is 6.61 Å². The normalized spacial score (nSPS) is 10.5. The first-order valence-corrected chi connectivity index (χ1v) is 7.54. The molecule has 0 fully saturated rings. The molecule has 1 aromatic carbocycles. The van der Waals surface area contributed by atoms with Crippen LogP contribution in [-0.4, -0.2) is 26.1 Å². The summed E-state index contributed by atoms with van der Waals surface area (Å²) >= 11 is 0. The van der Waals surface area contributed by atoms with Crippen LogP contribution in [0, 0.1) is 0 Å². The summed E-state index contributed by atoms with van der Waals surface area (Å²) in [4.78, 5) is 0. The Morgan fingerprint density at radius 1 is 1.07 bits per heavy atom. The van der Waals surface area contributed by atoms with Crippen molar-refractivity contribution >= 4 is 7.92 Å². The molecule has 0 radical (unpaired) electrons. The minimum atomic E-state index is 0.273. The van der Waals surface area contributed by atoms with Crippen molar-refractivity contribution in [1.29, 1.82) is 0 Å². The molecular formula is C12H19OP. The highest BCUT2D eigenvalue weighted by Gasteiger charge is 1.94. The first-order chi connectivity index (χ1) is 6.79. The molecule has 14 heavy (non-hydrogen) atoms. The fourth-order valence-electron chi connectivity index (χ4n) is 1.24. The lowest BCUT2D eigenvalue weighted by Crippen LogP contribution is -1.97. The van der Waals surface area contributed by atoms with Crippen molar-refractivity contribution in [2.45, 2.75) is 12.8 Å². The SMILES string of the molecule is CP(C)CCCCOc1ccccc1. The van der Waals surface area contributed by atoms with Gasteiger partial charge in [-0.05, 0) is 44.5 Å². The smallest absolute Gasteiger partial charge is 0.119 e. The second-order valence-electron chi connectivity index (χ2n) is 3.67. The molecule has 0 heterocycles. The van der Waals surface area contributed by atoms with Crippen LogP contribution in [0.4, 0.5) is 0 Å². The van der Waals surface area contributed by atoms with Crippen LogP contribution >= 0.6 is 7.92 Å². The van der Waals surface area contributed by atoms with E-state index in [1.54, 1.807) is 0 Å². The predicted octanol–water partition coefficient (Wildman–Crippen LogP) is 3.59. The van der Waals surface area contributed by atoms with Gasteiger partial charge in [-0.25, -0.2) is 0 Å². The molecule has 0 aromatic heterocycles. The lowest BCUT2D eigenvalue weighted by atomic mass is 10.3. The molecule has 0 saturated carbocycles. The van der Waals surface area contributed by atoms with Gasteiger partial charge < -0.3 is 4.74 Å². The molecule has 2 heteroatoms. The number of rotatable bonds is 6. The largest absolute Gasteiger partial charge is 0.494 e. The zero-order chi connectivity index (χ0) is 10.2. The van der Waals surface area contributed by atoms with Gasteiger partial charge in [0.1, 0.15) is 5.75 Å². The predicted molar refractivity (Wildman–Crippen MR) is 64.8 cm³/mol. The van der Waals surface area contributed by atoms with E-state index in [4.69, 9.17) is 4.74 Å². The molecule has 0 aliphatic rings. The zero-order valence-corrected chi connectivity index (χ0v) is 9.97. The summed E-state index contributed by atoms with van der Waals surface area (Å²) in [7, 11) is 0.273. The van der Waals surface area contributed by atoms with Crippen LogP contribution in [0.2, 0.25) is 0 Å². The minimum absolute atomic E-state index is 0.273. The molecule has 1 nitrogen and oxygen atoms in total. The number of hydrogen-bond acceptors (Lipinski definition) is 1. The van der Waals surface area contributed by atoms with E-state index in [1.165, 1.54) is 19.0 Å². The maximum Gasteiger partial charge on any atom is 0.119 e. The number of ether oxygens (including phenoxy) is 1. The monoisotopic (exact) mass is 210 g/mol. The molecule has 0 atom stereocenters. The Kier molecular flexibility index (Phi) is 5.63. The van der Waals surface area contributed by atoms with Crippen LogP contribution in [-0.2, 0) is 0 Å². The number of hydrogen-bond donors (Lipinski definition) is 0. The molecule has 0 aliphatic carbocycles. The van der Waals surface area contributed by atoms with Gasteiger partial charge in [-0.2, -0.15) is 0 Å². The second kappa shape index (κ2) is 6.84. The second-order valence-corrected chi connectivity index (χ2v) is 6.28. The quantitative estimate of drug-likeness (QED) is 0.515. The summed E-state index contributed by atoms with van der Waals surface area (Å²) in [5.74, 6) is 0.989. The van der Waals surface area contributed by atoms with Gasteiger partial charge in [-0.3, -0.25) is 0 Å². The average molecular weight is 210 g/mol. The average Bonchev–Trinajstić information content (AvgIpc) is 2.18. The van der Waals surface area contributed by atoms with Gasteiger partial charge in [0, 0.05) is 0 Å². The van der Waals surface area contributed by atoms with E-state index >= 15 is 0 Å². The summed E-state index contributed by atoms with van der Waals surface area (Å²) in [6.45, 7) is 5.51. The van der Waals surface area contributed by atoms with Crippen molar-refractivity contribution < 1.29 is 4.74 Å². The third-order valence-corrected chi connectivity index (χ3v) is 3.22. The van der Waals surface area contributed by atoms with E-state index in [2.05, 4.69) is 13.3 Å². The van der Waals surface area contributed by atoms with E-state index in [9.17, 15) is 0 Å². The van der Waals surface area contributed by atoms with Crippen LogP contribution < -0.4 is 4.74 Å². The van der Waals surface area contributed by atoms with Crippen molar-refractivity contribution in [3.63, 3.8) is 0 Å². The first kappa shape index (κ1) is 11.5. The molecule has 0 bridgehead atoms. The summed E-state index contributed by atoms with van der Waals surface area (Å²) in [6, 6.07) is 10.0. The van der Waals surface area contributed by atoms with Crippen molar-refractivity contribution in [3.8, 4) is 5.75 Å². The van der Waals surface area contributed by atoms with Crippen molar-refractivity contribution in [2.24, 2.45) is 0 Å². The van der Waals surface area contributed by atoms with Gasteiger partial charge in [0.2, 0.25) is 0 Å². The maximum absolute atomic E-state index is 5.60. The number of unbranched alkanes of at least 4 members (excludes halogenated alkanes) is 1. The van der Waals surface area contributed by atoms with Gasteiger partial charge in [-0.15, -0.1) is 7.92 Å². The van der Waals surface area contributed by atoms with E-state index in [-0.39, 0.29) is 7.92 Å². The first-order valence-electron chi connectivity index (χ1n) is 5.11. The highest BCUT2D eigenvalue weighted by molar-refractivity contribution is 7.55. The summed E-state index contributed by atoms with van der Waals surface area (Å²) < 4.78 is 5.60. The van der Waals surface area contributed by atoms with Crippen LogP contribution in [0.5, 0.6) is 5.75 Å². The maximum atomic E-state index is 5.60. The van der Waals surface area contributed by atoms with E-state index < -0.39 is 0 Å². The molecular weight excluding hydrogens is 191 g/mol. The molecule has 0 amide bonds. The van der Waals surface area contributed by atoms with E-state index in [1.807, 2.05) is 30.3 Å².